The van der Waals surface area contributed by atoms with Gasteiger partial charge < -0.3 is 9.47 Å². The fraction of sp³-hybridized carbons (Fsp3) is 0.167. The lowest BCUT2D eigenvalue weighted by Crippen LogP contribution is -2.31. The highest BCUT2D eigenvalue weighted by Gasteiger charge is 2.40. The number of anilines is 3. The SMILES string of the molecule is CC1(C)c2ccccc2N(c2cccc(Oc3cccc(C4=N[C@@H]5c6ccccc6C[C@@H]5O4)c3)c2)c2ncccc21. The third kappa shape index (κ3) is 3.84. The molecular weight excluding hydrogens is 506 g/mol. The molecule has 0 radical (unpaired) electrons. The van der Waals surface area contributed by atoms with E-state index in [-0.39, 0.29) is 17.6 Å². The maximum Gasteiger partial charge on any atom is 0.217 e. The van der Waals surface area contributed by atoms with Gasteiger partial charge >= 0.3 is 0 Å². The van der Waals surface area contributed by atoms with Crippen LogP contribution in [-0.4, -0.2) is 17.0 Å². The Morgan fingerprint density at radius 1 is 0.805 bits per heavy atom. The first-order valence-corrected chi connectivity index (χ1v) is 14.1. The fourth-order valence-electron chi connectivity index (χ4n) is 6.53. The Bertz CT molecular complexity index is 1790. The number of pyridine rings is 1. The topological polar surface area (TPSA) is 47.0 Å². The predicted molar refractivity (Wildman–Crippen MR) is 162 cm³/mol. The van der Waals surface area contributed by atoms with Crippen molar-refractivity contribution in [2.75, 3.05) is 4.90 Å². The summed E-state index contributed by atoms with van der Waals surface area (Å²) in [5, 5.41) is 0. The quantitative estimate of drug-likeness (QED) is 0.232. The summed E-state index contributed by atoms with van der Waals surface area (Å²) < 4.78 is 12.7. The molecular formula is C36H29N3O2. The predicted octanol–water partition coefficient (Wildman–Crippen LogP) is 8.43. The largest absolute Gasteiger partial charge is 0.471 e. The number of ether oxygens (including phenoxy) is 2. The zero-order valence-corrected chi connectivity index (χ0v) is 23.0. The molecule has 0 spiro atoms. The van der Waals surface area contributed by atoms with Gasteiger partial charge in [0.05, 0.1) is 11.4 Å². The molecule has 3 heterocycles. The van der Waals surface area contributed by atoms with Crippen molar-refractivity contribution in [1.82, 2.24) is 4.98 Å². The van der Waals surface area contributed by atoms with Gasteiger partial charge in [-0.2, -0.15) is 0 Å². The minimum atomic E-state index is -0.156. The Hall–Kier alpha value is -4.90. The van der Waals surface area contributed by atoms with Crippen LogP contribution in [0.4, 0.5) is 17.2 Å². The number of para-hydroxylation sites is 1. The molecule has 41 heavy (non-hydrogen) atoms. The third-order valence-corrected chi connectivity index (χ3v) is 8.55. The highest BCUT2D eigenvalue weighted by Crippen LogP contribution is 2.51. The van der Waals surface area contributed by atoms with E-state index < -0.39 is 0 Å². The molecule has 0 N–H and O–H groups in total. The summed E-state index contributed by atoms with van der Waals surface area (Å²) in [4.78, 5) is 12.0. The van der Waals surface area contributed by atoms with Crippen molar-refractivity contribution in [2.24, 2.45) is 4.99 Å². The number of rotatable bonds is 4. The van der Waals surface area contributed by atoms with Crippen LogP contribution in [0.2, 0.25) is 0 Å². The smallest absolute Gasteiger partial charge is 0.217 e. The van der Waals surface area contributed by atoms with Crippen LogP contribution in [-0.2, 0) is 16.6 Å². The fourth-order valence-corrected chi connectivity index (χ4v) is 6.53. The first kappa shape index (κ1) is 23.9. The molecule has 2 atom stereocenters. The highest BCUT2D eigenvalue weighted by atomic mass is 16.5. The van der Waals surface area contributed by atoms with Gasteiger partial charge in [-0.1, -0.05) is 74.5 Å². The van der Waals surface area contributed by atoms with Crippen molar-refractivity contribution in [3.05, 3.63) is 143 Å². The van der Waals surface area contributed by atoms with Crippen LogP contribution in [0.1, 0.15) is 47.7 Å². The maximum absolute atomic E-state index is 6.42. The molecule has 1 aliphatic carbocycles. The number of nitrogens with zero attached hydrogens (tertiary/aromatic N) is 3. The van der Waals surface area contributed by atoms with Crippen LogP contribution in [0.3, 0.4) is 0 Å². The zero-order valence-electron chi connectivity index (χ0n) is 23.0. The molecule has 0 amide bonds. The van der Waals surface area contributed by atoms with Crippen LogP contribution >= 0.6 is 0 Å². The van der Waals surface area contributed by atoms with Crippen molar-refractivity contribution in [1.29, 1.82) is 0 Å². The molecule has 5 aromatic rings. The molecule has 0 bridgehead atoms. The summed E-state index contributed by atoms with van der Waals surface area (Å²) in [6.07, 6.45) is 2.82. The first-order chi connectivity index (χ1) is 20.1. The lowest BCUT2D eigenvalue weighted by Gasteiger charge is -2.40. The van der Waals surface area contributed by atoms with E-state index in [4.69, 9.17) is 19.5 Å². The second-order valence-electron chi connectivity index (χ2n) is 11.4. The normalized spacial score (nSPS) is 19.4. The van der Waals surface area contributed by atoms with Crippen LogP contribution in [0, 0.1) is 0 Å². The molecule has 0 saturated heterocycles. The molecule has 5 heteroatoms. The Kier molecular flexibility index (Phi) is 5.29. The summed E-state index contributed by atoms with van der Waals surface area (Å²) >= 11 is 0. The van der Waals surface area contributed by atoms with E-state index >= 15 is 0 Å². The summed E-state index contributed by atoms with van der Waals surface area (Å²) in [6.45, 7) is 4.53. The van der Waals surface area contributed by atoms with Crippen LogP contribution in [0.15, 0.2) is 120 Å². The van der Waals surface area contributed by atoms with Crippen LogP contribution in [0.25, 0.3) is 0 Å². The van der Waals surface area contributed by atoms with E-state index in [1.807, 2.05) is 48.7 Å². The van der Waals surface area contributed by atoms with Gasteiger partial charge in [-0.25, -0.2) is 9.98 Å². The Labute approximate surface area is 239 Å². The van der Waals surface area contributed by atoms with Gasteiger partial charge in [-0.15, -0.1) is 0 Å². The first-order valence-electron chi connectivity index (χ1n) is 14.1. The number of benzene rings is 4. The minimum absolute atomic E-state index is 0.0661. The second kappa shape index (κ2) is 9.07. The van der Waals surface area contributed by atoms with Crippen LogP contribution in [0.5, 0.6) is 11.5 Å². The Morgan fingerprint density at radius 3 is 2.51 bits per heavy atom. The monoisotopic (exact) mass is 535 g/mol. The molecule has 2 aliphatic heterocycles. The molecule has 8 rings (SSSR count). The van der Waals surface area contributed by atoms with E-state index in [1.54, 1.807) is 0 Å². The van der Waals surface area contributed by atoms with Gasteiger partial charge in [0.25, 0.3) is 0 Å². The van der Waals surface area contributed by atoms with E-state index in [9.17, 15) is 0 Å². The summed E-state index contributed by atoms with van der Waals surface area (Å²) in [6, 6.07) is 37.5. The molecule has 200 valence electrons. The lowest BCUT2D eigenvalue weighted by atomic mass is 9.74. The molecule has 3 aliphatic rings. The van der Waals surface area contributed by atoms with E-state index in [2.05, 4.69) is 85.5 Å². The Balaban J connectivity index is 1.11. The van der Waals surface area contributed by atoms with Crippen molar-refractivity contribution in [2.45, 2.75) is 37.8 Å². The van der Waals surface area contributed by atoms with Crippen LogP contribution < -0.4 is 9.64 Å². The summed E-state index contributed by atoms with van der Waals surface area (Å²) in [7, 11) is 0. The lowest BCUT2D eigenvalue weighted by molar-refractivity contribution is 0.206. The van der Waals surface area contributed by atoms with Crippen molar-refractivity contribution in [3.63, 3.8) is 0 Å². The van der Waals surface area contributed by atoms with Crippen molar-refractivity contribution in [3.8, 4) is 11.5 Å². The number of hydrogen-bond donors (Lipinski definition) is 0. The van der Waals surface area contributed by atoms with Crippen molar-refractivity contribution < 1.29 is 9.47 Å². The molecule has 1 aromatic heterocycles. The van der Waals surface area contributed by atoms with E-state index in [1.165, 1.54) is 22.3 Å². The average Bonchev–Trinajstić information content (AvgIpc) is 3.57. The van der Waals surface area contributed by atoms with Gasteiger partial charge in [0.1, 0.15) is 29.5 Å². The minimum Gasteiger partial charge on any atom is -0.471 e. The van der Waals surface area contributed by atoms with Crippen molar-refractivity contribution >= 4 is 23.1 Å². The molecule has 4 aromatic carbocycles. The molecule has 5 nitrogen and oxygen atoms in total. The molecule has 0 unspecified atom stereocenters. The number of fused-ring (bicyclic) bond motifs is 5. The van der Waals surface area contributed by atoms with E-state index in [0.29, 0.717) is 5.90 Å². The number of aliphatic imine (C=N–C) groups is 1. The standard InChI is InChI=1S/C36H29N3O2/c1-36(2)29-16-5-6-18-31(29)39(34-30(36)17-9-19-37-34)25-12-8-14-27(22-25)40-26-13-7-11-24(20-26)35-38-33-28-15-4-3-10-23(28)21-32(33)41-35/h3-20,22,32-33H,21H2,1-2H3/t32-,33+/m0/s1. The summed E-state index contributed by atoms with van der Waals surface area (Å²) in [5.41, 5.74) is 7.97. The molecule has 0 fully saturated rings. The third-order valence-electron chi connectivity index (χ3n) is 8.55. The second-order valence-corrected chi connectivity index (χ2v) is 11.4. The average molecular weight is 536 g/mol. The zero-order chi connectivity index (χ0) is 27.6. The number of aromatic nitrogens is 1. The Morgan fingerprint density at radius 2 is 1.59 bits per heavy atom. The highest BCUT2D eigenvalue weighted by molar-refractivity contribution is 5.96. The maximum atomic E-state index is 6.42. The van der Waals surface area contributed by atoms with Gasteiger partial charge in [-0.3, -0.25) is 4.90 Å². The number of hydrogen-bond acceptors (Lipinski definition) is 5. The van der Waals surface area contributed by atoms with Gasteiger partial charge in [0.2, 0.25) is 5.90 Å². The summed E-state index contributed by atoms with van der Waals surface area (Å²) in [5.74, 6) is 3.12. The molecule has 0 saturated carbocycles. The van der Waals surface area contributed by atoms with Gasteiger partial charge in [0, 0.05) is 35.2 Å². The van der Waals surface area contributed by atoms with Gasteiger partial charge in [0.15, 0.2) is 0 Å². The van der Waals surface area contributed by atoms with E-state index in [0.717, 1.165) is 40.7 Å². The van der Waals surface area contributed by atoms with Gasteiger partial charge in [-0.05, 0) is 59.2 Å².